The summed E-state index contributed by atoms with van der Waals surface area (Å²) in [6.07, 6.45) is -6.02. The van der Waals surface area contributed by atoms with Gasteiger partial charge >= 0.3 is 6.18 Å². The molecule has 3 rings (SSSR count). The molecule has 114 valence electrons. The molecule has 2 aromatic rings. The highest BCUT2D eigenvalue weighted by Crippen LogP contribution is 2.34. The molecule has 0 saturated carbocycles. The molecule has 0 radical (unpaired) electrons. The van der Waals surface area contributed by atoms with Gasteiger partial charge in [-0.05, 0) is 19.4 Å². The first-order valence-electron chi connectivity index (χ1n) is 6.87. The van der Waals surface area contributed by atoms with Gasteiger partial charge in [-0.25, -0.2) is 0 Å². The molecule has 3 nitrogen and oxygen atoms in total. The van der Waals surface area contributed by atoms with Gasteiger partial charge in [-0.1, -0.05) is 18.2 Å². The summed E-state index contributed by atoms with van der Waals surface area (Å²) in [5.41, 5.74) is 1.43. The predicted molar refractivity (Wildman–Crippen MR) is 71.6 cm³/mol. The van der Waals surface area contributed by atoms with Crippen LogP contribution in [0.5, 0.6) is 0 Å². The van der Waals surface area contributed by atoms with Crippen molar-refractivity contribution >= 4 is 11.0 Å². The summed E-state index contributed by atoms with van der Waals surface area (Å²) in [5, 5.41) is 10.4. The lowest BCUT2D eigenvalue weighted by Gasteiger charge is -2.32. The molecule has 1 aromatic carbocycles. The molecular weight excluding hydrogens is 283 g/mol. The van der Waals surface area contributed by atoms with Crippen molar-refractivity contribution in [2.45, 2.75) is 44.8 Å². The van der Waals surface area contributed by atoms with Crippen molar-refractivity contribution in [1.82, 2.24) is 4.90 Å². The summed E-state index contributed by atoms with van der Waals surface area (Å²) in [4.78, 5) is 1.09. The second kappa shape index (κ2) is 5.03. The number of para-hydroxylation sites is 1. The average molecular weight is 299 g/mol. The molecule has 1 aliphatic heterocycles. The number of fused-ring (bicyclic) bond motifs is 3. The quantitative estimate of drug-likeness (QED) is 0.876. The number of nitrogens with zero attached hydrogens (tertiary/aromatic N) is 1. The van der Waals surface area contributed by atoms with Gasteiger partial charge in [0.15, 0.2) is 0 Å². The van der Waals surface area contributed by atoms with Gasteiger partial charge in [0.25, 0.3) is 0 Å². The fourth-order valence-corrected chi connectivity index (χ4v) is 2.88. The Kier molecular flexibility index (Phi) is 3.45. The Morgan fingerprint density at radius 2 is 2.05 bits per heavy atom. The molecule has 1 N–H and O–H groups in total. The van der Waals surface area contributed by atoms with Crippen molar-refractivity contribution in [3.05, 3.63) is 35.6 Å². The van der Waals surface area contributed by atoms with E-state index in [0.29, 0.717) is 18.4 Å². The fraction of sp³-hybridized carbons (Fsp3) is 0.467. The van der Waals surface area contributed by atoms with Gasteiger partial charge < -0.3 is 9.52 Å². The Morgan fingerprint density at radius 1 is 1.33 bits per heavy atom. The van der Waals surface area contributed by atoms with E-state index in [1.54, 1.807) is 13.0 Å². The second-order valence-electron chi connectivity index (χ2n) is 5.48. The van der Waals surface area contributed by atoms with Crippen LogP contribution >= 0.6 is 0 Å². The molecule has 0 aliphatic carbocycles. The highest BCUT2D eigenvalue weighted by atomic mass is 19.4. The first kappa shape index (κ1) is 14.4. The van der Waals surface area contributed by atoms with Crippen LogP contribution in [0.25, 0.3) is 11.0 Å². The van der Waals surface area contributed by atoms with Gasteiger partial charge in [-0.15, -0.1) is 0 Å². The minimum Gasteiger partial charge on any atom is -0.461 e. The molecule has 0 bridgehead atoms. The lowest BCUT2D eigenvalue weighted by Crippen LogP contribution is -2.48. The van der Waals surface area contributed by atoms with E-state index < -0.39 is 12.4 Å². The molecule has 0 fully saturated rings. The van der Waals surface area contributed by atoms with Crippen LogP contribution in [0.15, 0.2) is 28.7 Å². The van der Waals surface area contributed by atoms with Crippen molar-refractivity contribution in [3.8, 4) is 0 Å². The van der Waals surface area contributed by atoms with Crippen molar-refractivity contribution < 1.29 is 22.7 Å². The van der Waals surface area contributed by atoms with Gasteiger partial charge in [-0.2, -0.15) is 13.2 Å². The molecule has 0 saturated heterocycles. The van der Waals surface area contributed by atoms with Crippen LogP contribution in [-0.2, 0) is 13.0 Å². The maximum Gasteiger partial charge on any atom is 0.428 e. The second-order valence-corrected chi connectivity index (χ2v) is 5.48. The number of hydrogen-bond donors (Lipinski definition) is 1. The molecule has 6 heteroatoms. The van der Waals surface area contributed by atoms with Gasteiger partial charge in [0.2, 0.25) is 6.23 Å². The normalized spacial score (nSPS) is 22.0. The Morgan fingerprint density at radius 3 is 2.76 bits per heavy atom. The standard InChI is InChI=1S/C15H16F3NO2/c1-9-6-7-13-11(8-19(9)14(20)15(16,17)18)10-4-2-3-5-12(10)21-13/h2-5,9,14,20H,6-8H2,1H3. The monoisotopic (exact) mass is 299 g/mol. The number of hydrogen-bond acceptors (Lipinski definition) is 3. The van der Waals surface area contributed by atoms with Crippen molar-refractivity contribution in [2.75, 3.05) is 0 Å². The molecule has 0 amide bonds. The summed E-state index contributed by atoms with van der Waals surface area (Å²) >= 11 is 0. The summed E-state index contributed by atoms with van der Waals surface area (Å²) in [5.74, 6) is 0.722. The van der Waals surface area contributed by atoms with E-state index in [2.05, 4.69) is 0 Å². The van der Waals surface area contributed by atoms with Crippen molar-refractivity contribution in [3.63, 3.8) is 0 Å². The molecule has 2 unspecified atom stereocenters. The number of rotatable bonds is 1. The van der Waals surface area contributed by atoms with Gasteiger partial charge in [0.1, 0.15) is 11.3 Å². The third-order valence-corrected chi connectivity index (χ3v) is 4.08. The minimum absolute atomic E-state index is 0.0359. The first-order chi connectivity index (χ1) is 9.88. The van der Waals surface area contributed by atoms with Crippen molar-refractivity contribution in [1.29, 1.82) is 0 Å². The van der Waals surface area contributed by atoms with E-state index in [0.717, 1.165) is 21.6 Å². The highest BCUT2D eigenvalue weighted by molar-refractivity contribution is 5.82. The molecule has 0 spiro atoms. The molecule has 1 aliphatic rings. The maximum atomic E-state index is 12.8. The number of aryl methyl sites for hydroxylation is 1. The van der Waals surface area contributed by atoms with Crippen LogP contribution < -0.4 is 0 Å². The number of aliphatic hydroxyl groups is 1. The number of furan rings is 1. The number of benzene rings is 1. The van der Waals surface area contributed by atoms with E-state index in [-0.39, 0.29) is 12.6 Å². The van der Waals surface area contributed by atoms with Crippen molar-refractivity contribution in [2.24, 2.45) is 0 Å². The van der Waals surface area contributed by atoms with E-state index in [4.69, 9.17) is 4.42 Å². The van der Waals surface area contributed by atoms with Crippen LogP contribution in [0.1, 0.15) is 24.7 Å². The largest absolute Gasteiger partial charge is 0.461 e. The molecule has 21 heavy (non-hydrogen) atoms. The highest BCUT2D eigenvalue weighted by Gasteiger charge is 2.45. The smallest absolute Gasteiger partial charge is 0.428 e. The number of alkyl halides is 3. The minimum atomic E-state index is -4.65. The zero-order valence-electron chi connectivity index (χ0n) is 11.5. The van der Waals surface area contributed by atoms with Gasteiger partial charge in [-0.3, -0.25) is 4.90 Å². The lowest BCUT2D eigenvalue weighted by molar-refractivity contribution is -0.257. The Hall–Kier alpha value is -1.53. The zero-order valence-corrected chi connectivity index (χ0v) is 11.5. The maximum absolute atomic E-state index is 12.8. The number of aliphatic hydroxyl groups excluding tert-OH is 1. The van der Waals surface area contributed by atoms with E-state index in [1.165, 1.54) is 0 Å². The molecule has 2 atom stereocenters. The predicted octanol–water partition coefficient (Wildman–Crippen LogP) is 3.45. The van der Waals surface area contributed by atoms with Gasteiger partial charge in [0.05, 0.1) is 0 Å². The summed E-state index contributed by atoms with van der Waals surface area (Å²) in [6.45, 7) is 1.73. The van der Waals surface area contributed by atoms with Crippen LogP contribution in [0.3, 0.4) is 0 Å². The third-order valence-electron chi connectivity index (χ3n) is 4.08. The zero-order chi connectivity index (χ0) is 15.2. The lowest BCUT2D eigenvalue weighted by atomic mass is 10.1. The van der Waals surface area contributed by atoms with E-state index >= 15 is 0 Å². The van der Waals surface area contributed by atoms with Crippen LogP contribution in [0.4, 0.5) is 13.2 Å². The summed E-state index contributed by atoms with van der Waals surface area (Å²) in [6, 6.07) is 6.93. The van der Waals surface area contributed by atoms with E-state index in [1.807, 2.05) is 18.2 Å². The van der Waals surface area contributed by atoms with Crippen LogP contribution in [-0.4, -0.2) is 28.5 Å². The molecule has 2 heterocycles. The molecular formula is C15H16F3NO2. The Balaban J connectivity index is 2.02. The topological polar surface area (TPSA) is 36.6 Å². The average Bonchev–Trinajstić information content (AvgIpc) is 2.69. The Labute approximate surface area is 120 Å². The van der Waals surface area contributed by atoms with Crippen LogP contribution in [0.2, 0.25) is 0 Å². The fourth-order valence-electron chi connectivity index (χ4n) is 2.88. The Bertz CT molecular complexity index is 650. The van der Waals surface area contributed by atoms with Crippen LogP contribution in [0, 0.1) is 0 Å². The van der Waals surface area contributed by atoms with E-state index in [9.17, 15) is 18.3 Å². The molecule has 1 aromatic heterocycles. The first-order valence-corrected chi connectivity index (χ1v) is 6.87. The van der Waals surface area contributed by atoms with Gasteiger partial charge in [0, 0.05) is 30.0 Å². The SMILES string of the molecule is CC1CCc2oc3ccccc3c2CN1C(O)C(F)(F)F. The number of halogens is 3. The summed E-state index contributed by atoms with van der Waals surface area (Å²) in [7, 11) is 0. The third kappa shape index (κ3) is 2.53. The summed E-state index contributed by atoms with van der Waals surface area (Å²) < 4.78 is 44.3.